The van der Waals surface area contributed by atoms with Gasteiger partial charge >= 0.3 is 0 Å². The fourth-order valence-corrected chi connectivity index (χ4v) is 2.61. The normalized spacial score (nSPS) is 13.1. The van der Waals surface area contributed by atoms with Crippen molar-refractivity contribution in [2.24, 2.45) is 11.8 Å². The number of hydrazine groups is 1. The molecule has 0 fully saturated rings. The Kier molecular flexibility index (Phi) is 5.66. The standard InChI is InChI=1S/C15H26N2/c1-5-13(6-2)15(17-16)10-14-11(3)8-7-9-12(14)4/h7-9,13,15,17H,5-6,10,16H2,1-4H3. The first-order valence-electron chi connectivity index (χ1n) is 6.65. The van der Waals surface area contributed by atoms with Crippen molar-refractivity contribution in [3.05, 3.63) is 34.9 Å². The minimum atomic E-state index is 0.379. The first-order valence-corrected chi connectivity index (χ1v) is 6.65. The second kappa shape index (κ2) is 6.77. The fourth-order valence-electron chi connectivity index (χ4n) is 2.61. The predicted molar refractivity (Wildman–Crippen MR) is 74.8 cm³/mol. The number of hydrogen-bond acceptors (Lipinski definition) is 2. The Hall–Kier alpha value is -0.860. The number of benzene rings is 1. The summed E-state index contributed by atoms with van der Waals surface area (Å²) in [5.74, 6) is 6.37. The molecule has 0 aliphatic carbocycles. The molecule has 0 aliphatic rings. The number of nitrogens with one attached hydrogen (secondary N) is 1. The van der Waals surface area contributed by atoms with Crippen molar-refractivity contribution < 1.29 is 0 Å². The van der Waals surface area contributed by atoms with Crippen LogP contribution in [-0.2, 0) is 6.42 Å². The smallest absolute Gasteiger partial charge is 0.0279 e. The van der Waals surface area contributed by atoms with Crippen LogP contribution in [0, 0.1) is 19.8 Å². The highest BCUT2D eigenvalue weighted by Crippen LogP contribution is 2.21. The highest BCUT2D eigenvalue weighted by molar-refractivity contribution is 5.34. The van der Waals surface area contributed by atoms with Crippen molar-refractivity contribution in [3.63, 3.8) is 0 Å². The predicted octanol–water partition coefficient (Wildman–Crippen LogP) is 3.11. The van der Waals surface area contributed by atoms with Gasteiger partial charge in [0.25, 0.3) is 0 Å². The summed E-state index contributed by atoms with van der Waals surface area (Å²) in [6.45, 7) is 8.85. The van der Waals surface area contributed by atoms with Gasteiger partial charge in [-0.3, -0.25) is 11.3 Å². The van der Waals surface area contributed by atoms with E-state index in [9.17, 15) is 0 Å². The first kappa shape index (κ1) is 14.2. The molecule has 3 N–H and O–H groups in total. The van der Waals surface area contributed by atoms with Crippen LogP contribution in [0.3, 0.4) is 0 Å². The van der Waals surface area contributed by atoms with E-state index in [-0.39, 0.29) is 0 Å². The van der Waals surface area contributed by atoms with Gasteiger partial charge in [-0.05, 0) is 42.9 Å². The molecular formula is C15H26N2. The maximum Gasteiger partial charge on any atom is 0.0279 e. The summed E-state index contributed by atoms with van der Waals surface area (Å²) in [7, 11) is 0. The average molecular weight is 234 g/mol. The molecule has 17 heavy (non-hydrogen) atoms. The zero-order chi connectivity index (χ0) is 12.8. The third-order valence-corrected chi connectivity index (χ3v) is 3.90. The van der Waals surface area contributed by atoms with Crippen molar-refractivity contribution in [1.82, 2.24) is 5.43 Å². The van der Waals surface area contributed by atoms with Crippen LogP contribution in [0.15, 0.2) is 18.2 Å². The molecule has 0 saturated carbocycles. The van der Waals surface area contributed by atoms with Crippen LogP contribution in [0.2, 0.25) is 0 Å². The number of nitrogens with two attached hydrogens (primary N) is 1. The van der Waals surface area contributed by atoms with Gasteiger partial charge in [-0.1, -0.05) is 44.9 Å². The third kappa shape index (κ3) is 3.55. The van der Waals surface area contributed by atoms with Crippen LogP contribution in [0.5, 0.6) is 0 Å². The van der Waals surface area contributed by atoms with Crippen LogP contribution in [0.1, 0.15) is 43.4 Å². The van der Waals surface area contributed by atoms with Crippen molar-refractivity contribution >= 4 is 0 Å². The van der Waals surface area contributed by atoms with E-state index in [4.69, 9.17) is 5.84 Å². The largest absolute Gasteiger partial charge is 0.271 e. The second-order valence-electron chi connectivity index (χ2n) is 4.92. The van der Waals surface area contributed by atoms with Crippen molar-refractivity contribution in [2.75, 3.05) is 0 Å². The van der Waals surface area contributed by atoms with Crippen LogP contribution in [0.25, 0.3) is 0 Å². The number of hydrogen-bond donors (Lipinski definition) is 2. The van der Waals surface area contributed by atoms with Gasteiger partial charge in [0.1, 0.15) is 0 Å². The summed E-state index contributed by atoms with van der Waals surface area (Å²) in [5, 5.41) is 0. The molecule has 96 valence electrons. The molecule has 0 amide bonds. The lowest BCUT2D eigenvalue weighted by Gasteiger charge is -2.26. The molecule has 1 rings (SSSR count). The summed E-state index contributed by atoms with van der Waals surface area (Å²) >= 11 is 0. The van der Waals surface area contributed by atoms with Crippen LogP contribution in [0.4, 0.5) is 0 Å². The zero-order valence-electron chi connectivity index (χ0n) is 11.6. The van der Waals surface area contributed by atoms with E-state index in [1.54, 1.807) is 0 Å². The molecule has 1 aromatic carbocycles. The highest BCUT2D eigenvalue weighted by atomic mass is 15.2. The molecule has 1 aromatic rings. The lowest BCUT2D eigenvalue weighted by atomic mass is 9.87. The maximum absolute atomic E-state index is 5.72. The minimum absolute atomic E-state index is 0.379. The lowest BCUT2D eigenvalue weighted by molar-refractivity contribution is 0.335. The van der Waals surface area contributed by atoms with Crippen molar-refractivity contribution in [1.29, 1.82) is 0 Å². The SMILES string of the molecule is CCC(CC)C(Cc1c(C)cccc1C)NN. The van der Waals surface area contributed by atoms with E-state index in [0.29, 0.717) is 12.0 Å². The van der Waals surface area contributed by atoms with Gasteiger partial charge in [0, 0.05) is 6.04 Å². The Bertz CT molecular complexity index is 323. The summed E-state index contributed by atoms with van der Waals surface area (Å²) in [6, 6.07) is 6.87. The molecule has 2 nitrogen and oxygen atoms in total. The van der Waals surface area contributed by atoms with Gasteiger partial charge in [0.15, 0.2) is 0 Å². The average Bonchev–Trinajstić information content (AvgIpc) is 2.33. The van der Waals surface area contributed by atoms with Crippen LogP contribution < -0.4 is 11.3 Å². The molecule has 0 heterocycles. The second-order valence-corrected chi connectivity index (χ2v) is 4.92. The maximum atomic E-state index is 5.72. The number of aryl methyl sites for hydroxylation is 2. The molecule has 2 heteroatoms. The molecule has 0 aliphatic heterocycles. The molecular weight excluding hydrogens is 208 g/mol. The molecule has 1 atom stereocenters. The fraction of sp³-hybridized carbons (Fsp3) is 0.600. The Morgan fingerprint density at radius 2 is 1.65 bits per heavy atom. The summed E-state index contributed by atoms with van der Waals surface area (Å²) in [4.78, 5) is 0. The minimum Gasteiger partial charge on any atom is -0.271 e. The zero-order valence-corrected chi connectivity index (χ0v) is 11.6. The number of rotatable bonds is 6. The van der Waals surface area contributed by atoms with Gasteiger partial charge in [0.05, 0.1) is 0 Å². The van der Waals surface area contributed by atoms with Gasteiger partial charge < -0.3 is 0 Å². The van der Waals surface area contributed by atoms with E-state index in [2.05, 4.69) is 51.3 Å². The summed E-state index contributed by atoms with van der Waals surface area (Å²) in [5.41, 5.74) is 7.20. The Morgan fingerprint density at radius 3 is 2.06 bits per heavy atom. The highest BCUT2D eigenvalue weighted by Gasteiger charge is 2.18. The molecule has 0 saturated heterocycles. The summed E-state index contributed by atoms with van der Waals surface area (Å²) < 4.78 is 0. The third-order valence-electron chi connectivity index (χ3n) is 3.90. The molecule has 0 bridgehead atoms. The van der Waals surface area contributed by atoms with E-state index in [1.165, 1.54) is 29.5 Å². The van der Waals surface area contributed by atoms with Gasteiger partial charge in [0.2, 0.25) is 0 Å². The quantitative estimate of drug-likeness (QED) is 0.586. The topological polar surface area (TPSA) is 38.0 Å². The Morgan fingerprint density at radius 1 is 1.12 bits per heavy atom. The van der Waals surface area contributed by atoms with E-state index in [0.717, 1.165) is 6.42 Å². The van der Waals surface area contributed by atoms with Crippen molar-refractivity contribution in [3.8, 4) is 0 Å². The van der Waals surface area contributed by atoms with E-state index < -0.39 is 0 Å². The monoisotopic (exact) mass is 234 g/mol. The Labute approximate surface area is 106 Å². The van der Waals surface area contributed by atoms with Gasteiger partial charge in [-0.2, -0.15) is 0 Å². The van der Waals surface area contributed by atoms with Gasteiger partial charge in [-0.25, -0.2) is 0 Å². The van der Waals surface area contributed by atoms with Crippen molar-refractivity contribution in [2.45, 2.75) is 53.0 Å². The Balaban J connectivity index is 2.87. The van der Waals surface area contributed by atoms with Gasteiger partial charge in [-0.15, -0.1) is 0 Å². The molecule has 0 radical (unpaired) electrons. The first-order chi connectivity index (χ1) is 8.13. The van der Waals surface area contributed by atoms with Crippen LogP contribution in [-0.4, -0.2) is 6.04 Å². The molecule has 0 spiro atoms. The van der Waals surface area contributed by atoms with E-state index >= 15 is 0 Å². The summed E-state index contributed by atoms with van der Waals surface area (Å²) in [6.07, 6.45) is 3.38. The lowest BCUT2D eigenvalue weighted by Crippen LogP contribution is -2.42. The molecule has 1 unspecified atom stereocenters. The van der Waals surface area contributed by atoms with E-state index in [1.807, 2.05) is 0 Å². The molecule has 0 aromatic heterocycles. The van der Waals surface area contributed by atoms with Crippen LogP contribution >= 0.6 is 0 Å².